The predicted octanol–water partition coefficient (Wildman–Crippen LogP) is 3.69. The number of halogens is 1. The quantitative estimate of drug-likeness (QED) is 0.805. The van der Waals surface area contributed by atoms with Crippen molar-refractivity contribution in [2.75, 3.05) is 36.5 Å². The molecule has 1 atom stereocenters. The number of carbonyl (C=O) groups is 1. The Morgan fingerprint density at radius 3 is 2.60 bits per heavy atom. The zero-order valence-electron chi connectivity index (χ0n) is 13.9. The fourth-order valence-corrected chi connectivity index (χ4v) is 3.46. The number of anilines is 2. The van der Waals surface area contributed by atoms with Crippen LogP contribution < -0.4 is 10.2 Å². The van der Waals surface area contributed by atoms with Crippen LogP contribution in [-0.4, -0.2) is 42.4 Å². The second kappa shape index (κ2) is 8.56. The summed E-state index contributed by atoms with van der Waals surface area (Å²) in [5.74, 6) is 0.483. The Bertz CT molecular complexity index is 703. The molecule has 1 aromatic carbocycles. The van der Waals surface area contributed by atoms with E-state index in [1.54, 1.807) is 6.20 Å². The van der Waals surface area contributed by atoms with Crippen molar-refractivity contribution in [3.05, 3.63) is 47.6 Å². The minimum Gasteiger partial charge on any atom is -0.378 e. The van der Waals surface area contributed by atoms with Gasteiger partial charge in [-0.1, -0.05) is 11.6 Å². The van der Waals surface area contributed by atoms with Crippen molar-refractivity contribution in [2.24, 2.45) is 0 Å². The van der Waals surface area contributed by atoms with Crippen molar-refractivity contribution in [1.29, 1.82) is 0 Å². The van der Waals surface area contributed by atoms with Crippen molar-refractivity contribution in [3.63, 3.8) is 0 Å². The molecule has 5 nitrogen and oxygen atoms in total. The van der Waals surface area contributed by atoms with E-state index in [0.717, 1.165) is 36.9 Å². The zero-order chi connectivity index (χ0) is 17.6. The molecular formula is C18H20ClN3O2S. The SMILES string of the molecule is CC(Sc1ccc(Cl)cc1)C(=O)Nc1ccc(N2CCOCC2)cn1. The molecule has 1 amide bonds. The zero-order valence-corrected chi connectivity index (χ0v) is 15.5. The van der Waals surface area contributed by atoms with Crippen LogP contribution in [-0.2, 0) is 9.53 Å². The number of morpholine rings is 1. The van der Waals surface area contributed by atoms with Gasteiger partial charge in [0.15, 0.2) is 0 Å². The number of hydrogen-bond acceptors (Lipinski definition) is 5. The van der Waals surface area contributed by atoms with E-state index < -0.39 is 0 Å². The molecule has 2 aromatic rings. The highest BCUT2D eigenvalue weighted by Crippen LogP contribution is 2.25. The van der Waals surface area contributed by atoms with Crippen molar-refractivity contribution >= 4 is 40.8 Å². The van der Waals surface area contributed by atoms with Crippen molar-refractivity contribution < 1.29 is 9.53 Å². The van der Waals surface area contributed by atoms with Gasteiger partial charge in [0.05, 0.1) is 30.3 Å². The largest absolute Gasteiger partial charge is 0.378 e. The first-order valence-corrected chi connectivity index (χ1v) is 9.39. The molecule has 1 fully saturated rings. The standard InChI is InChI=1S/C18H20ClN3O2S/c1-13(25-16-5-2-14(19)3-6-16)18(23)21-17-7-4-15(12-20-17)22-8-10-24-11-9-22/h2-7,12-13H,8-11H2,1H3,(H,20,21,23). The van der Waals surface area contributed by atoms with Crippen LogP contribution in [0.3, 0.4) is 0 Å². The Balaban J connectivity index is 1.55. The van der Waals surface area contributed by atoms with Crippen molar-refractivity contribution in [2.45, 2.75) is 17.1 Å². The number of amides is 1. The van der Waals surface area contributed by atoms with Crippen LogP contribution >= 0.6 is 23.4 Å². The number of hydrogen-bond donors (Lipinski definition) is 1. The van der Waals surface area contributed by atoms with Gasteiger partial charge in [-0.15, -0.1) is 11.8 Å². The number of rotatable bonds is 5. The van der Waals surface area contributed by atoms with Gasteiger partial charge in [-0.2, -0.15) is 0 Å². The molecule has 25 heavy (non-hydrogen) atoms. The summed E-state index contributed by atoms with van der Waals surface area (Å²) in [6.07, 6.45) is 1.79. The lowest BCUT2D eigenvalue weighted by atomic mass is 10.3. The Labute approximate surface area is 156 Å². The highest BCUT2D eigenvalue weighted by atomic mass is 35.5. The highest BCUT2D eigenvalue weighted by molar-refractivity contribution is 8.00. The first kappa shape index (κ1) is 18.0. The fourth-order valence-electron chi connectivity index (χ4n) is 2.47. The van der Waals surface area contributed by atoms with Crippen LogP contribution in [0.2, 0.25) is 5.02 Å². The predicted molar refractivity (Wildman–Crippen MR) is 103 cm³/mol. The lowest BCUT2D eigenvalue weighted by molar-refractivity contribution is -0.115. The van der Waals surface area contributed by atoms with Crippen molar-refractivity contribution in [3.8, 4) is 0 Å². The van der Waals surface area contributed by atoms with E-state index in [1.807, 2.05) is 43.3 Å². The molecule has 1 aliphatic heterocycles. The number of benzene rings is 1. The molecule has 1 saturated heterocycles. The molecule has 0 radical (unpaired) electrons. The van der Waals surface area contributed by atoms with Gasteiger partial charge in [0, 0.05) is 23.0 Å². The molecule has 1 unspecified atom stereocenters. The lowest BCUT2D eigenvalue weighted by Crippen LogP contribution is -2.36. The van der Waals surface area contributed by atoms with Gasteiger partial charge >= 0.3 is 0 Å². The number of nitrogens with zero attached hydrogens (tertiary/aromatic N) is 2. The molecule has 0 spiro atoms. The summed E-state index contributed by atoms with van der Waals surface area (Å²) in [4.78, 5) is 19.9. The minimum atomic E-state index is -0.234. The Morgan fingerprint density at radius 1 is 1.24 bits per heavy atom. The smallest absolute Gasteiger partial charge is 0.238 e. The third-order valence-electron chi connectivity index (χ3n) is 3.87. The molecule has 3 rings (SSSR count). The third kappa shape index (κ3) is 5.11. The van der Waals surface area contributed by atoms with E-state index >= 15 is 0 Å². The third-order valence-corrected chi connectivity index (χ3v) is 5.24. The van der Waals surface area contributed by atoms with E-state index in [0.29, 0.717) is 10.8 Å². The number of pyridine rings is 1. The molecule has 1 aliphatic rings. The Morgan fingerprint density at radius 2 is 1.96 bits per heavy atom. The Kier molecular flexibility index (Phi) is 6.18. The van der Waals surface area contributed by atoms with Crippen molar-refractivity contribution in [1.82, 2.24) is 4.98 Å². The van der Waals surface area contributed by atoms with Crippen LogP contribution in [0.1, 0.15) is 6.92 Å². The second-order valence-corrected chi connectivity index (χ2v) is 7.55. The van der Waals surface area contributed by atoms with Crippen LogP contribution in [0.15, 0.2) is 47.5 Å². The first-order chi connectivity index (χ1) is 12.1. The molecule has 0 saturated carbocycles. The molecule has 7 heteroatoms. The van der Waals surface area contributed by atoms with E-state index in [1.165, 1.54) is 11.8 Å². The lowest BCUT2D eigenvalue weighted by Gasteiger charge is -2.28. The van der Waals surface area contributed by atoms with E-state index in [2.05, 4.69) is 15.2 Å². The first-order valence-electron chi connectivity index (χ1n) is 8.13. The molecule has 1 N–H and O–H groups in total. The molecule has 132 valence electrons. The summed E-state index contributed by atoms with van der Waals surface area (Å²) in [5.41, 5.74) is 1.05. The Hall–Kier alpha value is -1.76. The normalized spacial score (nSPS) is 15.7. The van der Waals surface area contributed by atoms with Gasteiger partial charge in [0.2, 0.25) is 5.91 Å². The van der Waals surface area contributed by atoms with Crippen LogP contribution in [0, 0.1) is 0 Å². The van der Waals surface area contributed by atoms with Crippen LogP contribution in [0.4, 0.5) is 11.5 Å². The molecule has 2 heterocycles. The maximum atomic E-state index is 12.3. The molecular weight excluding hydrogens is 358 g/mol. The van der Waals surface area contributed by atoms with E-state index in [-0.39, 0.29) is 11.2 Å². The summed E-state index contributed by atoms with van der Waals surface area (Å²) >= 11 is 7.36. The summed E-state index contributed by atoms with van der Waals surface area (Å²) in [7, 11) is 0. The minimum absolute atomic E-state index is 0.0772. The van der Waals surface area contributed by atoms with Gasteiger partial charge in [-0.05, 0) is 43.3 Å². The van der Waals surface area contributed by atoms with Crippen LogP contribution in [0.25, 0.3) is 0 Å². The average molecular weight is 378 g/mol. The van der Waals surface area contributed by atoms with Gasteiger partial charge in [-0.25, -0.2) is 4.98 Å². The van der Waals surface area contributed by atoms with E-state index in [9.17, 15) is 4.79 Å². The summed E-state index contributed by atoms with van der Waals surface area (Å²) < 4.78 is 5.35. The average Bonchev–Trinajstić information content (AvgIpc) is 2.65. The summed E-state index contributed by atoms with van der Waals surface area (Å²) in [6, 6.07) is 11.3. The molecule has 1 aromatic heterocycles. The number of ether oxygens (including phenoxy) is 1. The number of nitrogens with one attached hydrogen (secondary N) is 1. The maximum absolute atomic E-state index is 12.3. The number of carbonyl (C=O) groups excluding carboxylic acids is 1. The molecule has 0 bridgehead atoms. The van der Waals surface area contributed by atoms with Gasteiger partial charge in [-0.3, -0.25) is 4.79 Å². The molecule has 0 aliphatic carbocycles. The number of aromatic nitrogens is 1. The van der Waals surface area contributed by atoms with Gasteiger partial charge < -0.3 is 15.0 Å². The van der Waals surface area contributed by atoms with E-state index in [4.69, 9.17) is 16.3 Å². The number of thioether (sulfide) groups is 1. The highest BCUT2D eigenvalue weighted by Gasteiger charge is 2.16. The van der Waals surface area contributed by atoms with Crippen LogP contribution in [0.5, 0.6) is 0 Å². The van der Waals surface area contributed by atoms with Gasteiger partial charge in [0.1, 0.15) is 5.82 Å². The second-order valence-electron chi connectivity index (χ2n) is 5.70. The monoisotopic (exact) mass is 377 g/mol. The fraction of sp³-hybridized carbons (Fsp3) is 0.333. The summed E-state index contributed by atoms with van der Waals surface area (Å²) in [6.45, 7) is 5.07. The summed E-state index contributed by atoms with van der Waals surface area (Å²) in [5, 5.41) is 3.32. The topological polar surface area (TPSA) is 54.5 Å². The maximum Gasteiger partial charge on any atom is 0.238 e. The van der Waals surface area contributed by atoms with Gasteiger partial charge in [0.25, 0.3) is 0 Å².